The fourth-order valence-corrected chi connectivity index (χ4v) is 2.49. The molecule has 0 saturated carbocycles. The summed E-state index contributed by atoms with van der Waals surface area (Å²) in [5, 5.41) is 0. The van der Waals surface area contributed by atoms with Gasteiger partial charge in [0.1, 0.15) is 11.5 Å². The molecule has 2 aromatic carbocycles. The number of esters is 1. The molecule has 26 heavy (non-hydrogen) atoms. The molecule has 0 amide bonds. The number of rotatable bonds is 11. The van der Waals surface area contributed by atoms with E-state index in [0.29, 0.717) is 31.8 Å². The zero-order valence-corrected chi connectivity index (χ0v) is 15.4. The minimum Gasteiger partial charge on any atom is -0.493 e. The van der Waals surface area contributed by atoms with E-state index in [2.05, 4.69) is 12.1 Å². The molecule has 2 aromatic rings. The van der Waals surface area contributed by atoms with Crippen molar-refractivity contribution in [2.24, 2.45) is 0 Å². The molecule has 0 bridgehead atoms. The predicted octanol–water partition coefficient (Wildman–Crippen LogP) is 3.79. The topological polar surface area (TPSA) is 54.0 Å². The summed E-state index contributed by atoms with van der Waals surface area (Å²) in [6, 6.07) is 15.8. The molecule has 0 aliphatic carbocycles. The van der Waals surface area contributed by atoms with E-state index in [1.807, 2.05) is 36.4 Å². The Hall–Kier alpha value is -2.53. The molecule has 2 rings (SSSR count). The van der Waals surface area contributed by atoms with Crippen molar-refractivity contribution in [3.63, 3.8) is 0 Å². The van der Waals surface area contributed by atoms with Crippen LogP contribution in [0.4, 0.5) is 0 Å². The summed E-state index contributed by atoms with van der Waals surface area (Å²) in [6.07, 6.45) is 1.69. The van der Waals surface area contributed by atoms with Gasteiger partial charge in [0.05, 0.1) is 13.2 Å². The molecule has 0 atom stereocenters. The van der Waals surface area contributed by atoms with Crippen LogP contribution in [0.2, 0.25) is 0 Å². The highest BCUT2D eigenvalue weighted by Crippen LogP contribution is 2.26. The van der Waals surface area contributed by atoms with Gasteiger partial charge in [-0.3, -0.25) is 4.79 Å². The first-order chi connectivity index (χ1) is 12.7. The SMILES string of the molecule is CCOC(=O)CCc1ccc(OCOC)cc1OCCc1ccccc1. The van der Waals surface area contributed by atoms with Crippen LogP contribution in [0.15, 0.2) is 48.5 Å². The second-order valence-electron chi connectivity index (χ2n) is 5.71. The zero-order valence-electron chi connectivity index (χ0n) is 15.4. The first-order valence-electron chi connectivity index (χ1n) is 8.80. The van der Waals surface area contributed by atoms with Gasteiger partial charge in [-0.1, -0.05) is 36.4 Å². The molecule has 0 saturated heterocycles. The number of carbonyl (C=O) groups is 1. The lowest BCUT2D eigenvalue weighted by Gasteiger charge is -2.14. The van der Waals surface area contributed by atoms with Gasteiger partial charge in [0, 0.05) is 26.0 Å². The summed E-state index contributed by atoms with van der Waals surface area (Å²) in [5.41, 5.74) is 2.17. The van der Waals surface area contributed by atoms with Crippen LogP contribution < -0.4 is 9.47 Å². The first kappa shape index (κ1) is 19.8. The van der Waals surface area contributed by atoms with Crippen LogP contribution in [0.1, 0.15) is 24.5 Å². The van der Waals surface area contributed by atoms with E-state index < -0.39 is 0 Å². The molecule has 0 aliphatic heterocycles. The number of aryl methyl sites for hydroxylation is 1. The summed E-state index contributed by atoms with van der Waals surface area (Å²) in [7, 11) is 1.57. The second-order valence-corrected chi connectivity index (χ2v) is 5.71. The largest absolute Gasteiger partial charge is 0.493 e. The van der Waals surface area contributed by atoms with Crippen molar-refractivity contribution in [3.8, 4) is 11.5 Å². The van der Waals surface area contributed by atoms with Crippen molar-refractivity contribution in [2.75, 3.05) is 27.1 Å². The Kier molecular flexibility index (Phi) is 8.49. The summed E-state index contributed by atoms with van der Waals surface area (Å²) >= 11 is 0. The standard InChI is InChI=1S/C21H26O5/c1-3-24-21(22)12-10-18-9-11-19(26-16-23-2)15-20(18)25-14-13-17-7-5-4-6-8-17/h4-9,11,15H,3,10,12-14,16H2,1-2H3. The molecule has 0 N–H and O–H groups in total. The van der Waals surface area contributed by atoms with E-state index in [1.54, 1.807) is 14.0 Å². The molecular weight excluding hydrogens is 332 g/mol. The Morgan fingerprint density at radius 1 is 1.00 bits per heavy atom. The average molecular weight is 358 g/mol. The van der Waals surface area contributed by atoms with E-state index in [0.717, 1.165) is 17.7 Å². The molecular formula is C21H26O5. The molecule has 5 heteroatoms. The maximum absolute atomic E-state index is 11.6. The van der Waals surface area contributed by atoms with Gasteiger partial charge in [0.2, 0.25) is 0 Å². The summed E-state index contributed by atoms with van der Waals surface area (Å²) in [5.74, 6) is 1.18. The van der Waals surface area contributed by atoms with Gasteiger partial charge in [-0.15, -0.1) is 0 Å². The number of carbonyl (C=O) groups excluding carboxylic acids is 1. The van der Waals surface area contributed by atoms with Crippen LogP contribution in [0, 0.1) is 0 Å². The smallest absolute Gasteiger partial charge is 0.306 e. The van der Waals surface area contributed by atoms with Crippen LogP contribution in [-0.4, -0.2) is 33.1 Å². The lowest BCUT2D eigenvalue weighted by Crippen LogP contribution is -2.08. The second kappa shape index (κ2) is 11.2. The van der Waals surface area contributed by atoms with E-state index in [-0.39, 0.29) is 12.8 Å². The molecule has 0 heterocycles. The van der Waals surface area contributed by atoms with E-state index in [1.165, 1.54) is 5.56 Å². The third-order valence-corrected chi connectivity index (χ3v) is 3.78. The molecule has 0 aromatic heterocycles. The van der Waals surface area contributed by atoms with Crippen LogP contribution in [0.3, 0.4) is 0 Å². The van der Waals surface area contributed by atoms with Crippen molar-refractivity contribution in [2.45, 2.75) is 26.2 Å². The van der Waals surface area contributed by atoms with Gasteiger partial charge in [0.25, 0.3) is 0 Å². The maximum Gasteiger partial charge on any atom is 0.306 e. The molecule has 0 aliphatic rings. The van der Waals surface area contributed by atoms with Crippen molar-refractivity contribution in [1.82, 2.24) is 0 Å². The Balaban J connectivity index is 2.01. The zero-order chi connectivity index (χ0) is 18.6. The van der Waals surface area contributed by atoms with Crippen LogP contribution in [-0.2, 0) is 27.1 Å². The number of hydrogen-bond acceptors (Lipinski definition) is 5. The average Bonchev–Trinajstić information content (AvgIpc) is 2.66. The van der Waals surface area contributed by atoms with Gasteiger partial charge in [-0.2, -0.15) is 0 Å². The van der Waals surface area contributed by atoms with E-state index in [9.17, 15) is 4.79 Å². The first-order valence-corrected chi connectivity index (χ1v) is 8.80. The third-order valence-electron chi connectivity index (χ3n) is 3.78. The van der Waals surface area contributed by atoms with Gasteiger partial charge in [-0.05, 0) is 30.5 Å². The predicted molar refractivity (Wildman–Crippen MR) is 99.5 cm³/mol. The normalized spacial score (nSPS) is 10.4. The van der Waals surface area contributed by atoms with Crippen molar-refractivity contribution in [3.05, 3.63) is 59.7 Å². The van der Waals surface area contributed by atoms with Crippen molar-refractivity contribution < 1.29 is 23.7 Å². The van der Waals surface area contributed by atoms with Gasteiger partial charge < -0.3 is 18.9 Å². The molecule has 5 nitrogen and oxygen atoms in total. The number of hydrogen-bond donors (Lipinski definition) is 0. The van der Waals surface area contributed by atoms with E-state index >= 15 is 0 Å². The van der Waals surface area contributed by atoms with Crippen LogP contribution in [0.5, 0.6) is 11.5 Å². The summed E-state index contributed by atoms with van der Waals surface area (Å²) in [6.45, 7) is 2.91. The Morgan fingerprint density at radius 2 is 1.81 bits per heavy atom. The summed E-state index contributed by atoms with van der Waals surface area (Å²) in [4.78, 5) is 11.6. The third kappa shape index (κ3) is 6.76. The Bertz CT molecular complexity index is 669. The Morgan fingerprint density at radius 3 is 2.54 bits per heavy atom. The highest BCUT2D eigenvalue weighted by molar-refractivity contribution is 5.69. The molecule has 0 unspecified atom stereocenters. The van der Waals surface area contributed by atoms with Gasteiger partial charge in [-0.25, -0.2) is 0 Å². The molecule has 0 spiro atoms. The van der Waals surface area contributed by atoms with Crippen LogP contribution in [0.25, 0.3) is 0 Å². The monoisotopic (exact) mass is 358 g/mol. The number of benzene rings is 2. The highest BCUT2D eigenvalue weighted by Gasteiger charge is 2.10. The lowest BCUT2D eigenvalue weighted by molar-refractivity contribution is -0.143. The fraction of sp³-hybridized carbons (Fsp3) is 0.381. The summed E-state index contributed by atoms with van der Waals surface area (Å²) < 4.78 is 21.4. The fourth-order valence-electron chi connectivity index (χ4n) is 2.49. The Labute approximate surface area is 154 Å². The highest BCUT2D eigenvalue weighted by atomic mass is 16.7. The van der Waals surface area contributed by atoms with Crippen molar-refractivity contribution >= 4 is 5.97 Å². The lowest BCUT2D eigenvalue weighted by atomic mass is 10.1. The molecule has 0 radical (unpaired) electrons. The molecule has 0 fully saturated rings. The minimum absolute atomic E-state index is 0.172. The minimum atomic E-state index is -0.206. The van der Waals surface area contributed by atoms with E-state index in [4.69, 9.17) is 18.9 Å². The molecule has 140 valence electrons. The van der Waals surface area contributed by atoms with Gasteiger partial charge in [0.15, 0.2) is 6.79 Å². The quantitative estimate of drug-likeness (QED) is 0.452. The van der Waals surface area contributed by atoms with Crippen LogP contribution >= 0.6 is 0 Å². The number of ether oxygens (including phenoxy) is 4. The van der Waals surface area contributed by atoms with Crippen molar-refractivity contribution in [1.29, 1.82) is 0 Å². The van der Waals surface area contributed by atoms with Gasteiger partial charge >= 0.3 is 5.97 Å². The number of methoxy groups -OCH3 is 1. The maximum atomic E-state index is 11.6.